The van der Waals surface area contributed by atoms with Gasteiger partial charge < -0.3 is 5.73 Å². The molecule has 0 atom stereocenters. The van der Waals surface area contributed by atoms with Crippen LogP contribution in [0.2, 0.25) is 0 Å². The van der Waals surface area contributed by atoms with Crippen molar-refractivity contribution in [2.24, 2.45) is 10.7 Å². The maximum atomic E-state index is 6.81. The van der Waals surface area contributed by atoms with Crippen LogP contribution in [0.15, 0.2) is 223 Å². The van der Waals surface area contributed by atoms with Crippen LogP contribution < -0.4 is 5.73 Å². The number of aliphatic imine (C=N–C) groups is 1. The SMILES string of the molecule is CC1(C)c2ccc(-c3ccc(-c4ccc(/C(=C/Cc5ccccc5-c5ccccc5)N=C(N)c5ccccc5)c5ccccc45)c4ccccc34)cc2-c2ccc3ccccc3c21. The van der Waals surface area contributed by atoms with Crippen LogP contribution in [0.5, 0.6) is 0 Å². The summed E-state index contributed by atoms with van der Waals surface area (Å²) in [7, 11) is 0. The van der Waals surface area contributed by atoms with Crippen LogP contribution in [0.3, 0.4) is 0 Å². The molecule has 2 nitrogen and oxygen atoms in total. The van der Waals surface area contributed by atoms with Gasteiger partial charge in [0.15, 0.2) is 0 Å². The molecule has 0 radical (unpaired) electrons. The maximum Gasteiger partial charge on any atom is 0.131 e. The van der Waals surface area contributed by atoms with Crippen LogP contribution in [-0.4, -0.2) is 5.84 Å². The number of hydrogen-bond acceptors (Lipinski definition) is 1. The summed E-state index contributed by atoms with van der Waals surface area (Å²) in [5, 5.41) is 7.38. The summed E-state index contributed by atoms with van der Waals surface area (Å²) < 4.78 is 0. The second kappa shape index (κ2) is 15.6. The maximum absolute atomic E-state index is 6.81. The van der Waals surface area contributed by atoms with E-state index in [1.165, 1.54) is 88.1 Å². The Morgan fingerprint density at radius 3 is 1.79 bits per heavy atom. The van der Waals surface area contributed by atoms with Gasteiger partial charge in [-0.25, -0.2) is 4.99 Å². The van der Waals surface area contributed by atoms with Crippen molar-refractivity contribution in [1.29, 1.82) is 0 Å². The van der Waals surface area contributed by atoms with Gasteiger partial charge in [-0.15, -0.1) is 0 Å². The zero-order valence-corrected chi connectivity index (χ0v) is 35.5. The molecule has 10 aromatic rings. The van der Waals surface area contributed by atoms with E-state index in [9.17, 15) is 0 Å². The summed E-state index contributed by atoms with van der Waals surface area (Å²) >= 11 is 0. The lowest BCUT2D eigenvalue weighted by atomic mass is 9.80. The Labute approximate surface area is 369 Å². The first-order chi connectivity index (χ1) is 30.9. The molecule has 10 aromatic carbocycles. The van der Waals surface area contributed by atoms with Gasteiger partial charge in [-0.2, -0.15) is 0 Å². The molecule has 0 saturated carbocycles. The summed E-state index contributed by atoms with van der Waals surface area (Å²) in [5.74, 6) is 0.486. The van der Waals surface area contributed by atoms with Crippen molar-refractivity contribution < 1.29 is 0 Å². The highest BCUT2D eigenvalue weighted by Crippen LogP contribution is 2.52. The van der Waals surface area contributed by atoms with Crippen molar-refractivity contribution in [3.63, 3.8) is 0 Å². The standard InChI is InChI=1S/C61H46N2/c1-61(2)57-37-30-44(39-56(57)55-32-29-42-20-10-12-24-47(42)59(55)61)46-33-34-52(49-26-14-13-25-48(46)49)53-35-36-54(51-28-16-15-27-50(51)53)58(63-60(62)43-21-7-4-8-22-43)38-31-41-19-9-11-23-45(41)40-17-5-3-6-18-40/h3-30,32-39H,31H2,1-2H3,(H2,62,63)/b58-38-. The van der Waals surface area contributed by atoms with E-state index in [1.807, 2.05) is 30.3 Å². The fourth-order valence-corrected chi connectivity index (χ4v) is 10.1. The van der Waals surface area contributed by atoms with E-state index in [2.05, 4.69) is 202 Å². The Morgan fingerprint density at radius 1 is 0.460 bits per heavy atom. The van der Waals surface area contributed by atoms with Crippen LogP contribution >= 0.6 is 0 Å². The molecule has 300 valence electrons. The molecule has 2 N–H and O–H groups in total. The van der Waals surface area contributed by atoms with Gasteiger partial charge in [-0.3, -0.25) is 0 Å². The molecule has 63 heavy (non-hydrogen) atoms. The highest BCUT2D eigenvalue weighted by atomic mass is 14.9. The first-order valence-corrected chi connectivity index (χ1v) is 21.9. The van der Waals surface area contributed by atoms with E-state index in [-0.39, 0.29) is 5.41 Å². The first-order valence-electron chi connectivity index (χ1n) is 21.9. The van der Waals surface area contributed by atoms with E-state index >= 15 is 0 Å². The van der Waals surface area contributed by atoms with Gasteiger partial charge in [0.25, 0.3) is 0 Å². The Kier molecular flexibility index (Phi) is 9.43. The van der Waals surface area contributed by atoms with Gasteiger partial charge in [0.2, 0.25) is 0 Å². The number of hydrogen-bond donors (Lipinski definition) is 1. The van der Waals surface area contributed by atoms with Crippen LogP contribution in [0.25, 0.3) is 82.5 Å². The minimum absolute atomic E-state index is 0.0938. The number of allylic oxidation sites excluding steroid dienone is 1. The highest BCUT2D eigenvalue weighted by Gasteiger charge is 2.37. The third kappa shape index (κ3) is 6.63. The molecule has 0 heterocycles. The van der Waals surface area contributed by atoms with Crippen molar-refractivity contribution in [3.05, 3.63) is 246 Å². The molecule has 1 aliphatic carbocycles. The number of fused-ring (bicyclic) bond motifs is 7. The van der Waals surface area contributed by atoms with Crippen LogP contribution in [0.1, 0.15) is 41.7 Å². The van der Waals surface area contributed by atoms with Crippen molar-refractivity contribution in [2.75, 3.05) is 0 Å². The number of nitrogens with zero attached hydrogens (tertiary/aromatic N) is 1. The first kappa shape index (κ1) is 38.1. The molecule has 0 fully saturated rings. The summed E-state index contributed by atoms with van der Waals surface area (Å²) in [4.78, 5) is 5.20. The van der Waals surface area contributed by atoms with E-state index in [0.717, 1.165) is 22.2 Å². The molecule has 0 aromatic heterocycles. The average Bonchev–Trinajstić information content (AvgIpc) is 3.58. The minimum atomic E-state index is -0.0938. The molecule has 2 heteroatoms. The Morgan fingerprint density at radius 2 is 1.03 bits per heavy atom. The highest BCUT2D eigenvalue weighted by molar-refractivity contribution is 6.12. The molecule has 0 amide bonds. The number of amidine groups is 1. The van der Waals surface area contributed by atoms with Gasteiger partial charge in [0.1, 0.15) is 5.84 Å². The quantitative estimate of drug-likeness (QED) is 0.121. The van der Waals surface area contributed by atoms with Crippen LogP contribution in [0.4, 0.5) is 0 Å². The predicted octanol–water partition coefficient (Wildman–Crippen LogP) is 15.4. The van der Waals surface area contributed by atoms with E-state index in [0.29, 0.717) is 12.3 Å². The topological polar surface area (TPSA) is 38.4 Å². The van der Waals surface area contributed by atoms with Crippen molar-refractivity contribution in [1.82, 2.24) is 0 Å². The van der Waals surface area contributed by atoms with Crippen molar-refractivity contribution in [2.45, 2.75) is 25.7 Å². The molecule has 0 spiro atoms. The molecule has 11 rings (SSSR count). The second-order valence-electron chi connectivity index (χ2n) is 17.2. The lowest BCUT2D eigenvalue weighted by molar-refractivity contribution is 0.666. The summed E-state index contributed by atoms with van der Waals surface area (Å²) in [6.45, 7) is 4.75. The molecule has 0 aliphatic heterocycles. The summed E-state index contributed by atoms with van der Waals surface area (Å²) in [5.41, 5.74) is 23.5. The molecule has 0 bridgehead atoms. The molecular formula is C61H46N2. The average molecular weight is 807 g/mol. The molecular weight excluding hydrogens is 761 g/mol. The van der Waals surface area contributed by atoms with Crippen molar-refractivity contribution >= 4 is 43.9 Å². The smallest absolute Gasteiger partial charge is 0.131 e. The fourth-order valence-electron chi connectivity index (χ4n) is 10.1. The van der Waals surface area contributed by atoms with E-state index in [1.54, 1.807) is 0 Å². The van der Waals surface area contributed by atoms with Gasteiger partial charge in [0.05, 0.1) is 5.70 Å². The summed E-state index contributed by atoms with van der Waals surface area (Å²) in [6.07, 6.45) is 2.93. The minimum Gasteiger partial charge on any atom is -0.383 e. The van der Waals surface area contributed by atoms with Crippen LogP contribution in [0, 0.1) is 0 Å². The molecule has 0 saturated heterocycles. The van der Waals surface area contributed by atoms with Crippen LogP contribution in [-0.2, 0) is 11.8 Å². The lowest BCUT2D eigenvalue weighted by Gasteiger charge is -2.23. The van der Waals surface area contributed by atoms with Gasteiger partial charge in [-0.1, -0.05) is 226 Å². The zero-order chi connectivity index (χ0) is 42.5. The van der Waals surface area contributed by atoms with Gasteiger partial charge >= 0.3 is 0 Å². The number of benzene rings is 10. The van der Waals surface area contributed by atoms with E-state index in [4.69, 9.17) is 10.7 Å². The number of rotatable bonds is 8. The Bertz CT molecular complexity index is 3450. The normalized spacial score (nSPS) is 13.4. The Hall–Kier alpha value is -7.81. The zero-order valence-electron chi connectivity index (χ0n) is 35.5. The predicted molar refractivity (Wildman–Crippen MR) is 268 cm³/mol. The lowest BCUT2D eigenvalue weighted by Crippen LogP contribution is -2.15. The molecule has 1 aliphatic rings. The van der Waals surface area contributed by atoms with Gasteiger partial charge in [-0.05, 0) is 106 Å². The monoisotopic (exact) mass is 806 g/mol. The van der Waals surface area contributed by atoms with E-state index < -0.39 is 0 Å². The Balaban J connectivity index is 1.03. The van der Waals surface area contributed by atoms with Gasteiger partial charge in [0, 0.05) is 16.5 Å². The number of nitrogens with two attached hydrogens (primary N) is 1. The van der Waals surface area contributed by atoms with Crippen molar-refractivity contribution in [3.8, 4) is 44.5 Å². The third-order valence-electron chi connectivity index (χ3n) is 13.2. The largest absolute Gasteiger partial charge is 0.383 e. The second-order valence-corrected chi connectivity index (χ2v) is 17.2. The molecule has 0 unspecified atom stereocenters. The fraction of sp³-hybridized carbons (Fsp3) is 0.0656. The summed E-state index contributed by atoms with van der Waals surface area (Å²) in [6, 6.07) is 76.6. The third-order valence-corrected chi connectivity index (χ3v) is 13.2.